The molecule has 0 aliphatic carbocycles. The van der Waals surface area contributed by atoms with Gasteiger partial charge in [0, 0.05) is 22.7 Å². The second-order valence-electron chi connectivity index (χ2n) is 6.80. The van der Waals surface area contributed by atoms with Crippen LogP contribution in [0.25, 0.3) is 22.2 Å². The van der Waals surface area contributed by atoms with Crippen LogP contribution in [-0.4, -0.2) is 22.8 Å². The molecule has 0 spiro atoms. The Labute approximate surface area is 166 Å². The van der Waals surface area contributed by atoms with Crippen LogP contribution in [0.15, 0.2) is 59.1 Å². The topological polar surface area (TPSA) is 86.5 Å². The fourth-order valence-corrected chi connectivity index (χ4v) is 3.35. The molecule has 2 aromatic heterocycles. The summed E-state index contributed by atoms with van der Waals surface area (Å²) in [5.74, 6) is 1.76. The van der Waals surface area contributed by atoms with Crippen LogP contribution in [0.1, 0.15) is 11.4 Å². The summed E-state index contributed by atoms with van der Waals surface area (Å²) in [7, 11) is 0. The zero-order valence-electron chi connectivity index (χ0n) is 15.6. The lowest BCUT2D eigenvalue weighted by molar-refractivity contribution is -0.115. The highest BCUT2D eigenvalue weighted by Gasteiger charge is 2.17. The van der Waals surface area contributed by atoms with Gasteiger partial charge in [0.25, 0.3) is 0 Å². The van der Waals surface area contributed by atoms with E-state index in [4.69, 9.17) is 14.0 Å². The van der Waals surface area contributed by atoms with Crippen molar-refractivity contribution in [3.05, 3.63) is 66.0 Å². The number of hydrogen-bond donors (Lipinski definition) is 1. The van der Waals surface area contributed by atoms with E-state index in [1.165, 1.54) is 0 Å². The number of anilines is 1. The standard InChI is InChI=1S/C22H17N3O4/c1-13-8-18(16-4-2-3-5-17(16)23-13)24-22(26)11-15-10-20(29-25-15)14-6-7-19-21(9-14)28-12-27-19/h2-10H,11-12H2,1H3,(H,23,24,26). The Morgan fingerprint density at radius 1 is 1.07 bits per heavy atom. The van der Waals surface area contributed by atoms with E-state index in [1.54, 1.807) is 6.07 Å². The number of rotatable bonds is 4. The molecule has 144 valence electrons. The Hall–Kier alpha value is -3.87. The summed E-state index contributed by atoms with van der Waals surface area (Å²) in [6, 6.07) is 16.8. The van der Waals surface area contributed by atoms with E-state index in [0.717, 1.165) is 27.8 Å². The minimum absolute atomic E-state index is 0.101. The van der Waals surface area contributed by atoms with Gasteiger partial charge in [0.15, 0.2) is 17.3 Å². The Bertz CT molecular complexity index is 1230. The molecular weight excluding hydrogens is 370 g/mol. The molecule has 0 unspecified atom stereocenters. The summed E-state index contributed by atoms with van der Waals surface area (Å²) >= 11 is 0. The van der Waals surface area contributed by atoms with Crippen molar-refractivity contribution in [1.29, 1.82) is 0 Å². The summed E-state index contributed by atoms with van der Waals surface area (Å²) in [6.45, 7) is 2.11. The number of nitrogens with one attached hydrogen (secondary N) is 1. The van der Waals surface area contributed by atoms with E-state index in [2.05, 4.69) is 15.5 Å². The summed E-state index contributed by atoms with van der Waals surface area (Å²) in [5.41, 5.74) is 3.77. The lowest BCUT2D eigenvalue weighted by Crippen LogP contribution is -2.15. The highest BCUT2D eigenvalue weighted by atomic mass is 16.7. The summed E-state index contributed by atoms with van der Waals surface area (Å²) in [5, 5.41) is 7.88. The number of aromatic nitrogens is 2. The largest absolute Gasteiger partial charge is 0.454 e. The maximum atomic E-state index is 12.6. The molecule has 0 fully saturated rings. The Balaban J connectivity index is 1.33. The van der Waals surface area contributed by atoms with Gasteiger partial charge in [-0.15, -0.1) is 0 Å². The highest BCUT2D eigenvalue weighted by Crippen LogP contribution is 2.36. The minimum Gasteiger partial charge on any atom is -0.454 e. The molecule has 3 heterocycles. The van der Waals surface area contributed by atoms with Crippen molar-refractivity contribution in [3.63, 3.8) is 0 Å². The number of aryl methyl sites for hydroxylation is 1. The van der Waals surface area contributed by atoms with Crippen molar-refractivity contribution in [2.45, 2.75) is 13.3 Å². The second-order valence-corrected chi connectivity index (χ2v) is 6.80. The lowest BCUT2D eigenvalue weighted by Gasteiger charge is -2.09. The van der Waals surface area contributed by atoms with Crippen molar-refractivity contribution in [3.8, 4) is 22.8 Å². The first kappa shape index (κ1) is 17.2. The Morgan fingerprint density at radius 3 is 2.86 bits per heavy atom. The van der Waals surface area contributed by atoms with Crippen LogP contribution >= 0.6 is 0 Å². The maximum absolute atomic E-state index is 12.6. The summed E-state index contributed by atoms with van der Waals surface area (Å²) in [4.78, 5) is 17.1. The van der Waals surface area contributed by atoms with Crippen LogP contribution in [0, 0.1) is 6.92 Å². The van der Waals surface area contributed by atoms with E-state index in [9.17, 15) is 4.79 Å². The van der Waals surface area contributed by atoms with E-state index >= 15 is 0 Å². The molecule has 4 aromatic rings. The molecule has 1 aliphatic rings. The van der Waals surface area contributed by atoms with E-state index in [1.807, 2.05) is 55.5 Å². The number of para-hydroxylation sites is 1. The van der Waals surface area contributed by atoms with Gasteiger partial charge < -0.3 is 19.3 Å². The molecular formula is C22H17N3O4. The number of nitrogens with zero attached hydrogens (tertiary/aromatic N) is 2. The van der Waals surface area contributed by atoms with Gasteiger partial charge in [-0.05, 0) is 37.3 Å². The Kier molecular flexibility index (Phi) is 4.13. The number of hydrogen-bond acceptors (Lipinski definition) is 6. The van der Waals surface area contributed by atoms with E-state index < -0.39 is 0 Å². The van der Waals surface area contributed by atoms with Gasteiger partial charge in [-0.25, -0.2) is 0 Å². The average Bonchev–Trinajstić information content (AvgIpc) is 3.36. The predicted molar refractivity (Wildman–Crippen MR) is 107 cm³/mol. The van der Waals surface area contributed by atoms with Crippen LogP contribution < -0.4 is 14.8 Å². The van der Waals surface area contributed by atoms with Crippen LogP contribution in [0.4, 0.5) is 5.69 Å². The monoisotopic (exact) mass is 387 g/mol. The first-order valence-corrected chi connectivity index (χ1v) is 9.17. The smallest absolute Gasteiger partial charge is 0.231 e. The molecule has 0 saturated heterocycles. The fraction of sp³-hybridized carbons (Fsp3) is 0.136. The molecule has 1 amide bonds. The van der Waals surface area contributed by atoms with Gasteiger partial charge in [-0.1, -0.05) is 23.4 Å². The predicted octanol–water partition coefficient (Wildman–Crippen LogP) is 4.11. The van der Waals surface area contributed by atoms with Gasteiger partial charge in [-0.3, -0.25) is 9.78 Å². The van der Waals surface area contributed by atoms with Crippen LogP contribution in [-0.2, 0) is 11.2 Å². The van der Waals surface area contributed by atoms with Crippen LogP contribution in [0.3, 0.4) is 0 Å². The SMILES string of the molecule is Cc1cc(NC(=O)Cc2cc(-c3ccc4c(c3)OCO4)on2)c2ccccc2n1. The van der Waals surface area contributed by atoms with E-state index in [-0.39, 0.29) is 19.1 Å². The molecule has 7 heteroatoms. The Morgan fingerprint density at radius 2 is 1.93 bits per heavy atom. The highest BCUT2D eigenvalue weighted by molar-refractivity contribution is 6.01. The molecule has 1 aliphatic heterocycles. The van der Waals surface area contributed by atoms with Crippen molar-refractivity contribution in [2.75, 3.05) is 12.1 Å². The van der Waals surface area contributed by atoms with Crippen LogP contribution in [0.5, 0.6) is 11.5 Å². The number of amides is 1. The van der Waals surface area contributed by atoms with Crippen molar-refractivity contribution >= 4 is 22.5 Å². The van der Waals surface area contributed by atoms with Gasteiger partial charge >= 0.3 is 0 Å². The van der Waals surface area contributed by atoms with E-state index in [0.29, 0.717) is 23.0 Å². The van der Waals surface area contributed by atoms with Crippen molar-refractivity contribution in [1.82, 2.24) is 10.1 Å². The van der Waals surface area contributed by atoms with Crippen molar-refractivity contribution in [2.24, 2.45) is 0 Å². The fourth-order valence-electron chi connectivity index (χ4n) is 3.35. The van der Waals surface area contributed by atoms with Crippen molar-refractivity contribution < 1.29 is 18.8 Å². The number of benzene rings is 2. The van der Waals surface area contributed by atoms with Crippen LogP contribution in [0.2, 0.25) is 0 Å². The molecule has 0 bridgehead atoms. The lowest BCUT2D eigenvalue weighted by atomic mass is 10.1. The maximum Gasteiger partial charge on any atom is 0.231 e. The zero-order valence-corrected chi connectivity index (χ0v) is 15.6. The quantitative estimate of drug-likeness (QED) is 0.567. The first-order valence-electron chi connectivity index (χ1n) is 9.17. The molecule has 0 radical (unpaired) electrons. The molecule has 7 nitrogen and oxygen atoms in total. The molecule has 0 saturated carbocycles. The number of fused-ring (bicyclic) bond motifs is 2. The third-order valence-electron chi connectivity index (χ3n) is 4.68. The summed E-state index contributed by atoms with van der Waals surface area (Å²) in [6.07, 6.45) is 0.101. The van der Waals surface area contributed by atoms with Gasteiger partial charge in [0.05, 0.1) is 23.3 Å². The van der Waals surface area contributed by atoms with Gasteiger partial charge in [0.1, 0.15) is 0 Å². The zero-order chi connectivity index (χ0) is 19.8. The van der Waals surface area contributed by atoms with Gasteiger partial charge in [0.2, 0.25) is 12.7 Å². The normalized spacial score (nSPS) is 12.3. The molecule has 5 rings (SSSR count). The second kappa shape index (κ2) is 6.94. The minimum atomic E-state index is -0.175. The third kappa shape index (κ3) is 3.38. The molecule has 1 N–H and O–H groups in total. The number of carbonyl (C=O) groups is 1. The first-order chi connectivity index (χ1) is 14.2. The average molecular weight is 387 g/mol. The molecule has 2 aromatic carbocycles. The number of ether oxygens (including phenoxy) is 2. The third-order valence-corrected chi connectivity index (χ3v) is 4.68. The number of pyridine rings is 1. The molecule has 0 atom stereocenters. The summed E-state index contributed by atoms with van der Waals surface area (Å²) < 4.78 is 16.1. The van der Waals surface area contributed by atoms with Gasteiger partial charge in [-0.2, -0.15) is 0 Å². The molecule has 29 heavy (non-hydrogen) atoms. The number of carbonyl (C=O) groups excluding carboxylic acids is 1.